The molecular formula is C19H26N2. The molecule has 1 atom stereocenters. The van der Waals surface area contributed by atoms with Crippen molar-refractivity contribution in [3.8, 4) is 0 Å². The standard InChI is InChI=1S/C19H26N2/c1-4-21-19(8-7-17-6-5-9-20-14-17)13-18-11-15(2)10-16(3)12-18/h5-6,9-12,14,19,21H,4,7-8,13H2,1-3H3. The van der Waals surface area contributed by atoms with Crippen LogP contribution in [0.3, 0.4) is 0 Å². The lowest BCUT2D eigenvalue weighted by molar-refractivity contribution is 0.490. The molecule has 21 heavy (non-hydrogen) atoms. The van der Waals surface area contributed by atoms with Gasteiger partial charge in [-0.15, -0.1) is 0 Å². The maximum Gasteiger partial charge on any atom is 0.0299 e. The highest BCUT2D eigenvalue weighted by Gasteiger charge is 2.09. The molecule has 0 aliphatic heterocycles. The first-order valence-electron chi connectivity index (χ1n) is 7.87. The molecule has 1 heterocycles. The van der Waals surface area contributed by atoms with Crippen LogP contribution in [-0.4, -0.2) is 17.6 Å². The Morgan fingerprint density at radius 1 is 1.10 bits per heavy atom. The van der Waals surface area contributed by atoms with Gasteiger partial charge in [0.15, 0.2) is 0 Å². The third-order valence-electron chi connectivity index (χ3n) is 3.76. The Kier molecular flexibility index (Phi) is 5.94. The van der Waals surface area contributed by atoms with Crippen LogP contribution in [0.25, 0.3) is 0 Å². The summed E-state index contributed by atoms with van der Waals surface area (Å²) in [5.41, 5.74) is 5.46. The predicted octanol–water partition coefficient (Wildman–Crippen LogP) is 3.85. The van der Waals surface area contributed by atoms with Crippen molar-refractivity contribution < 1.29 is 0 Å². The zero-order valence-corrected chi connectivity index (χ0v) is 13.4. The third kappa shape index (κ3) is 5.31. The van der Waals surface area contributed by atoms with Gasteiger partial charge in [-0.3, -0.25) is 4.98 Å². The van der Waals surface area contributed by atoms with Crippen molar-refractivity contribution in [1.82, 2.24) is 10.3 Å². The van der Waals surface area contributed by atoms with Crippen molar-refractivity contribution >= 4 is 0 Å². The first-order chi connectivity index (χ1) is 10.2. The molecule has 1 aromatic heterocycles. The number of likely N-dealkylation sites (N-methyl/N-ethyl adjacent to an activating group) is 1. The van der Waals surface area contributed by atoms with E-state index < -0.39 is 0 Å². The molecule has 1 aromatic carbocycles. The number of hydrogen-bond acceptors (Lipinski definition) is 2. The minimum atomic E-state index is 0.524. The number of aromatic nitrogens is 1. The minimum Gasteiger partial charge on any atom is -0.314 e. The smallest absolute Gasteiger partial charge is 0.0299 e. The molecule has 0 aliphatic rings. The van der Waals surface area contributed by atoms with Crippen LogP contribution in [0, 0.1) is 13.8 Å². The van der Waals surface area contributed by atoms with Crippen LogP contribution in [0.4, 0.5) is 0 Å². The first-order valence-corrected chi connectivity index (χ1v) is 7.87. The molecular weight excluding hydrogens is 256 g/mol. The van der Waals surface area contributed by atoms with E-state index in [0.717, 1.165) is 25.8 Å². The average molecular weight is 282 g/mol. The second-order valence-corrected chi connectivity index (χ2v) is 5.85. The van der Waals surface area contributed by atoms with Gasteiger partial charge in [0.25, 0.3) is 0 Å². The quantitative estimate of drug-likeness (QED) is 0.834. The van der Waals surface area contributed by atoms with E-state index in [2.05, 4.69) is 55.3 Å². The number of nitrogens with one attached hydrogen (secondary N) is 1. The molecule has 2 nitrogen and oxygen atoms in total. The monoisotopic (exact) mass is 282 g/mol. The van der Waals surface area contributed by atoms with E-state index >= 15 is 0 Å². The summed E-state index contributed by atoms with van der Waals surface area (Å²) in [6.45, 7) is 7.55. The molecule has 0 aliphatic carbocycles. The molecule has 2 heteroatoms. The summed E-state index contributed by atoms with van der Waals surface area (Å²) in [5.74, 6) is 0. The van der Waals surface area contributed by atoms with Crippen LogP contribution in [0.2, 0.25) is 0 Å². The fraction of sp³-hybridized carbons (Fsp3) is 0.421. The number of hydrogen-bond donors (Lipinski definition) is 1. The Labute approximate surface area is 128 Å². The van der Waals surface area contributed by atoms with Crippen LogP contribution in [0.5, 0.6) is 0 Å². The van der Waals surface area contributed by atoms with Crippen LogP contribution >= 0.6 is 0 Å². The van der Waals surface area contributed by atoms with E-state index in [4.69, 9.17) is 0 Å². The third-order valence-corrected chi connectivity index (χ3v) is 3.76. The van der Waals surface area contributed by atoms with Crippen molar-refractivity contribution in [2.45, 2.75) is 46.1 Å². The molecule has 1 unspecified atom stereocenters. The highest BCUT2D eigenvalue weighted by Crippen LogP contribution is 2.13. The van der Waals surface area contributed by atoms with Gasteiger partial charge in [-0.05, 0) is 56.8 Å². The van der Waals surface area contributed by atoms with Gasteiger partial charge in [0.05, 0.1) is 0 Å². The zero-order chi connectivity index (χ0) is 15.1. The van der Waals surface area contributed by atoms with Crippen molar-refractivity contribution in [3.05, 3.63) is 65.0 Å². The Morgan fingerprint density at radius 2 is 1.86 bits per heavy atom. The Hall–Kier alpha value is -1.67. The largest absolute Gasteiger partial charge is 0.314 e. The van der Waals surface area contributed by atoms with E-state index in [1.54, 1.807) is 0 Å². The van der Waals surface area contributed by atoms with E-state index in [1.807, 2.05) is 18.5 Å². The number of benzene rings is 1. The molecule has 0 bridgehead atoms. The van der Waals surface area contributed by atoms with Gasteiger partial charge < -0.3 is 5.32 Å². The molecule has 0 radical (unpaired) electrons. The number of aryl methyl sites for hydroxylation is 3. The number of nitrogens with zero attached hydrogens (tertiary/aromatic N) is 1. The van der Waals surface area contributed by atoms with Crippen molar-refractivity contribution in [2.24, 2.45) is 0 Å². The summed E-state index contributed by atoms with van der Waals surface area (Å²) in [6, 6.07) is 11.6. The molecule has 1 N–H and O–H groups in total. The average Bonchev–Trinajstić information content (AvgIpc) is 2.45. The van der Waals surface area contributed by atoms with Gasteiger partial charge in [0.1, 0.15) is 0 Å². The molecule has 0 spiro atoms. The zero-order valence-electron chi connectivity index (χ0n) is 13.4. The van der Waals surface area contributed by atoms with Crippen molar-refractivity contribution in [3.63, 3.8) is 0 Å². The molecule has 112 valence electrons. The van der Waals surface area contributed by atoms with E-state index in [0.29, 0.717) is 6.04 Å². The summed E-state index contributed by atoms with van der Waals surface area (Å²) in [4.78, 5) is 4.20. The Balaban J connectivity index is 1.98. The highest BCUT2D eigenvalue weighted by atomic mass is 14.9. The summed E-state index contributed by atoms with van der Waals surface area (Å²) >= 11 is 0. The lowest BCUT2D eigenvalue weighted by atomic mass is 9.97. The van der Waals surface area contributed by atoms with Crippen molar-refractivity contribution in [1.29, 1.82) is 0 Å². The summed E-state index contributed by atoms with van der Waals surface area (Å²) in [5, 5.41) is 3.62. The lowest BCUT2D eigenvalue weighted by Crippen LogP contribution is -2.31. The molecule has 0 fully saturated rings. The summed E-state index contributed by atoms with van der Waals surface area (Å²) in [7, 11) is 0. The van der Waals surface area contributed by atoms with Crippen LogP contribution in [0.1, 0.15) is 35.6 Å². The lowest BCUT2D eigenvalue weighted by Gasteiger charge is -2.18. The molecule has 2 rings (SSSR count). The molecule has 0 saturated heterocycles. The molecule has 2 aromatic rings. The van der Waals surface area contributed by atoms with Gasteiger partial charge in [-0.2, -0.15) is 0 Å². The fourth-order valence-electron chi connectivity index (χ4n) is 2.92. The van der Waals surface area contributed by atoms with Crippen molar-refractivity contribution in [2.75, 3.05) is 6.54 Å². The topological polar surface area (TPSA) is 24.9 Å². The van der Waals surface area contributed by atoms with E-state index in [1.165, 1.54) is 22.3 Å². The Bertz CT molecular complexity index is 528. The maximum atomic E-state index is 4.20. The molecule has 0 saturated carbocycles. The predicted molar refractivity (Wildman–Crippen MR) is 89.6 cm³/mol. The highest BCUT2D eigenvalue weighted by molar-refractivity contribution is 5.29. The summed E-state index contributed by atoms with van der Waals surface area (Å²) in [6.07, 6.45) is 7.13. The normalized spacial score (nSPS) is 12.3. The van der Waals surface area contributed by atoms with E-state index in [-0.39, 0.29) is 0 Å². The molecule has 0 amide bonds. The van der Waals surface area contributed by atoms with Gasteiger partial charge >= 0.3 is 0 Å². The van der Waals surface area contributed by atoms with Gasteiger partial charge in [0.2, 0.25) is 0 Å². The SMILES string of the molecule is CCNC(CCc1cccnc1)Cc1cc(C)cc(C)c1. The second-order valence-electron chi connectivity index (χ2n) is 5.85. The van der Waals surface area contributed by atoms with E-state index in [9.17, 15) is 0 Å². The van der Waals surface area contributed by atoms with Crippen LogP contribution in [-0.2, 0) is 12.8 Å². The summed E-state index contributed by atoms with van der Waals surface area (Å²) < 4.78 is 0. The first kappa shape index (κ1) is 15.7. The fourth-order valence-corrected chi connectivity index (χ4v) is 2.92. The van der Waals surface area contributed by atoms with Gasteiger partial charge in [-0.25, -0.2) is 0 Å². The van der Waals surface area contributed by atoms with Gasteiger partial charge in [-0.1, -0.05) is 42.3 Å². The second kappa shape index (κ2) is 7.94. The number of pyridine rings is 1. The van der Waals surface area contributed by atoms with Crippen LogP contribution < -0.4 is 5.32 Å². The minimum absolute atomic E-state index is 0.524. The number of rotatable bonds is 7. The van der Waals surface area contributed by atoms with Gasteiger partial charge in [0, 0.05) is 18.4 Å². The Morgan fingerprint density at radius 3 is 2.48 bits per heavy atom. The van der Waals surface area contributed by atoms with Crippen LogP contribution in [0.15, 0.2) is 42.7 Å². The maximum absolute atomic E-state index is 4.20.